The summed E-state index contributed by atoms with van der Waals surface area (Å²) in [6.45, 7) is 0. The van der Waals surface area contributed by atoms with Crippen LogP contribution >= 0.6 is 23.2 Å². The number of H-pyrrole nitrogens is 1. The minimum Gasteiger partial charge on any atom is -0.508 e. The molecular formula is C9H6Cl2N2O. The number of aromatic nitrogens is 2. The van der Waals surface area contributed by atoms with E-state index in [0.717, 1.165) is 5.56 Å². The number of nitrogens with one attached hydrogen (secondary N) is 1. The maximum absolute atomic E-state index is 9.08. The van der Waals surface area contributed by atoms with E-state index in [1.807, 2.05) is 0 Å². The molecule has 1 aromatic carbocycles. The smallest absolute Gasteiger partial charge is 0.166 e. The Morgan fingerprint density at radius 2 is 1.79 bits per heavy atom. The van der Waals surface area contributed by atoms with Gasteiger partial charge in [-0.05, 0) is 24.3 Å². The second-order valence-corrected chi connectivity index (χ2v) is 3.47. The lowest BCUT2D eigenvalue weighted by Crippen LogP contribution is -1.78. The van der Waals surface area contributed by atoms with Gasteiger partial charge in [-0.25, -0.2) is 4.98 Å². The van der Waals surface area contributed by atoms with Crippen molar-refractivity contribution in [3.05, 3.63) is 34.6 Å². The summed E-state index contributed by atoms with van der Waals surface area (Å²) in [4.78, 5) is 6.83. The van der Waals surface area contributed by atoms with Crippen LogP contribution in [0.2, 0.25) is 10.3 Å². The molecule has 0 aliphatic carbocycles. The summed E-state index contributed by atoms with van der Waals surface area (Å²) in [5.41, 5.74) is 0.816. The van der Waals surface area contributed by atoms with Crippen molar-refractivity contribution in [1.29, 1.82) is 0 Å². The van der Waals surface area contributed by atoms with Gasteiger partial charge in [0.1, 0.15) is 16.7 Å². The van der Waals surface area contributed by atoms with Crippen LogP contribution in [0.5, 0.6) is 5.75 Å². The zero-order valence-electron chi connectivity index (χ0n) is 6.96. The Morgan fingerprint density at radius 1 is 1.14 bits per heavy atom. The third-order valence-electron chi connectivity index (χ3n) is 1.76. The number of imidazole rings is 1. The molecule has 0 unspecified atom stereocenters. The van der Waals surface area contributed by atoms with Gasteiger partial charge < -0.3 is 10.1 Å². The fraction of sp³-hybridized carbons (Fsp3) is 0. The number of hydrogen-bond acceptors (Lipinski definition) is 2. The minimum absolute atomic E-state index is 0.206. The number of phenols is 1. The number of nitrogens with zero attached hydrogens (tertiary/aromatic N) is 1. The van der Waals surface area contributed by atoms with Crippen LogP contribution in [-0.4, -0.2) is 15.1 Å². The van der Waals surface area contributed by atoms with Gasteiger partial charge >= 0.3 is 0 Å². The van der Waals surface area contributed by atoms with E-state index in [-0.39, 0.29) is 10.9 Å². The summed E-state index contributed by atoms with van der Waals surface area (Å²) in [6.07, 6.45) is 0. The number of aromatic amines is 1. The van der Waals surface area contributed by atoms with Crippen LogP contribution in [0, 0.1) is 0 Å². The molecule has 0 fully saturated rings. The molecule has 5 heteroatoms. The summed E-state index contributed by atoms with van der Waals surface area (Å²) in [5.74, 6) is 0.789. The number of benzene rings is 1. The highest BCUT2D eigenvalue weighted by molar-refractivity contribution is 6.40. The molecule has 3 nitrogen and oxygen atoms in total. The first kappa shape index (κ1) is 9.37. The molecule has 2 aromatic rings. The summed E-state index contributed by atoms with van der Waals surface area (Å²) in [7, 11) is 0. The molecule has 1 heterocycles. The number of hydrogen-bond donors (Lipinski definition) is 2. The zero-order valence-corrected chi connectivity index (χ0v) is 8.47. The fourth-order valence-electron chi connectivity index (χ4n) is 1.09. The Kier molecular flexibility index (Phi) is 2.35. The van der Waals surface area contributed by atoms with Gasteiger partial charge in [-0.1, -0.05) is 23.2 Å². The summed E-state index contributed by atoms with van der Waals surface area (Å²) in [5, 5.41) is 9.64. The molecular weight excluding hydrogens is 223 g/mol. The van der Waals surface area contributed by atoms with Gasteiger partial charge in [0.05, 0.1) is 0 Å². The van der Waals surface area contributed by atoms with E-state index in [1.165, 1.54) is 0 Å². The van der Waals surface area contributed by atoms with Crippen LogP contribution in [0.1, 0.15) is 0 Å². The molecule has 0 spiro atoms. The molecule has 1 aromatic heterocycles. The summed E-state index contributed by atoms with van der Waals surface area (Å²) in [6, 6.07) is 6.58. The molecule has 0 bridgehead atoms. The van der Waals surface area contributed by atoms with Gasteiger partial charge in [-0.2, -0.15) is 0 Å². The Hall–Kier alpha value is -1.19. The van der Waals surface area contributed by atoms with E-state index in [2.05, 4.69) is 9.97 Å². The Bertz CT molecular complexity index is 431. The third kappa shape index (κ3) is 1.69. The fourth-order valence-corrected chi connectivity index (χ4v) is 1.35. The molecule has 0 saturated carbocycles. The lowest BCUT2D eigenvalue weighted by molar-refractivity contribution is 0.475. The molecule has 0 radical (unpaired) electrons. The van der Waals surface area contributed by atoms with Gasteiger partial charge in [-0.3, -0.25) is 0 Å². The number of rotatable bonds is 1. The highest BCUT2D eigenvalue weighted by atomic mass is 35.5. The Labute approximate surface area is 90.3 Å². The van der Waals surface area contributed by atoms with Crippen molar-refractivity contribution in [3.8, 4) is 17.1 Å². The van der Waals surface area contributed by atoms with Crippen LogP contribution in [0.4, 0.5) is 0 Å². The van der Waals surface area contributed by atoms with Gasteiger partial charge in [0.25, 0.3) is 0 Å². The highest BCUT2D eigenvalue weighted by Crippen LogP contribution is 2.25. The van der Waals surface area contributed by atoms with Crippen molar-refractivity contribution in [2.45, 2.75) is 0 Å². The lowest BCUT2D eigenvalue weighted by atomic mass is 10.2. The largest absolute Gasteiger partial charge is 0.508 e. The van der Waals surface area contributed by atoms with Crippen molar-refractivity contribution in [1.82, 2.24) is 9.97 Å². The predicted octanol–water partition coefficient (Wildman–Crippen LogP) is 3.09. The van der Waals surface area contributed by atoms with Crippen LogP contribution in [0.25, 0.3) is 11.4 Å². The first-order valence-corrected chi connectivity index (χ1v) is 4.63. The summed E-state index contributed by atoms with van der Waals surface area (Å²) < 4.78 is 0. The minimum atomic E-state index is 0.206. The van der Waals surface area contributed by atoms with E-state index in [9.17, 15) is 0 Å². The van der Waals surface area contributed by atoms with Gasteiger partial charge in [0, 0.05) is 5.56 Å². The molecule has 2 rings (SSSR count). The average Bonchev–Trinajstić information content (AvgIpc) is 2.48. The van der Waals surface area contributed by atoms with Crippen LogP contribution in [0.15, 0.2) is 24.3 Å². The standard InChI is InChI=1S/C9H6Cl2N2O/c10-7-8(11)13-9(12-7)5-1-3-6(14)4-2-5/h1-4,14H,(H,12,13). The number of halogens is 2. The Morgan fingerprint density at radius 3 is 2.29 bits per heavy atom. The van der Waals surface area contributed by atoms with E-state index >= 15 is 0 Å². The van der Waals surface area contributed by atoms with Crippen LogP contribution < -0.4 is 0 Å². The van der Waals surface area contributed by atoms with E-state index in [4.69, 9.17) is 28.3 Å². The number of phenolic OH excluding ortho intramolecular Hbond substituents is 1. The zero-order chi connectivity index (χ0) is 10.1. The van der Waals surface area contributed by atoms with E-state index in [0.29, 0.717) is 11.0 Å². The molecule has 2 N–H and O–H groups in total. The Balaban J connectivity index is 2.44. The first-order valence-electron chi connectivity index (χ1n) is 3.87. The quantitative estimate of drug-likeness (QED) is 0.789. The predicted molar refractivity (Wildman–Crippen MR) is 55.7 cm³/mol. The molecule has 0 aliphatic rings. The average molecular weight is 229 g/mol. The van der Waals surface area contributed by atoms with Crippen LogP contribution in [0.3, 0.4) is 0 Å². The lowest BCUT2D eigenvalue weighted by Gasteiger charge is -1.95. The second-order valence-electron chi connectivity index (χ2n) is 2.74. The van der Waals surface area contributed by atoms with Gasteiger partial charge in [0.15, 0.2) is 5.15 Å². The van der Waals surface area contributed by atoms with E-state index in [1.54, 1.807) is 24.3 Å². The molecule has 0 amide bonds. The third-order valence-corrected chi connectivity index (χ3v) is 2.40. The summed E-state index contributed by atoms with van der Waals surface area (Å²) >= 11 is 11.4. The van der Waals surface area contributed by atoms with Crippen molar-refractivity contribution in [2.24, 2.45) is 0 Å². The highest BCUT2D eigenvalue weighted by Gasteiger charge is 2.07. The topological polar surface area (TPSA) is 48.9 Å². The van der Waals surface area contributed by atoms with Gasteiger partial charge in [0.2, 0.25) is 0 Å². The van der Waals surface area contributed by atoms with Crippen molar-refractivity contribution < 1.29 is 5.11 Å². The number of aromatic hydroxyl groups is 1. The van der Waals surface area contributed by atoms with Crippen LogP contribution in [-0.2, 0) is 0 Å². The van der Waals surface area contributed by atoms with E-state index < -0.39 is 0 Å². The van der Waals surface area contributed by atoms with Crippen molar-refractivity contribution in [3.63, 3.8) is 0 Å². The molecule has 72 valence electrons. The molecule has 0 atom stereocenters. The molecule has 0 saturated heterocycles. The SMILES string of the molecule is Oc1ccc(-c2nc(Cl)c(Cl)[nH]2)cc1. The molecule has 0 aliphatic heterocycles. The van der Waals surface area contributed by atoms with Crippen molar-refractivity contribution >= 4 is 23.2 Å². The maximum atomic E-state index is 9.08. The second kappa shape index (κ2) is 3.52. The van der Waals surface area contributed by atoms with Crippen molar-refractivity contribution in [2.75, 3.05) is 0 Å². The maximum Gasteiger partial charge on any atom is 0.166 e. The van der Waals surface area contributed by atoms with Gasteiger partial charge in [-0.15, -0.1) is 0 Å². The monoisotopic (exact) mass is 228 g/mol. The first-order chi connectivity index (χ1) is 6.66. The normalized spacial score (nSPS) is 10.4. The molecule has 14 heavy (non-hydrogen) atoms.